The summed E-state index contributed by atoms with van der Waals surface area (Å²) in [6.45, 7) is 7.19. The molecule has 0 saturated heterocycles. The Morgan fingerprint density at radius 2 is 1.34 bits per heavy atom. The summed E-state index contributed by atoms with van der Waals surface area (Å²) < 4.78 is 32.0. The lowest BCUT2D eigenvalue weighted by atomic mass is 10.0. The standard InChI is InChI=1S/C17H22N.C7H8O3S/c1-14-10-11-16(15(2)12-14)13-18(3,4)17-8-6-5-7-9-17;1-6-2-4-7(5-3-6)11(8,9)10/h5-12H,13H2,1-4H3;2-5H,1H3,(H,8,9,10)/q+1;/p-1. The SMILES string of the molecule is Cc1ccc(C[N+](C)(C)c2ccccc2)c(C)c1.Cc1ccc(S(=O)(=O)[O-])cc1. The molecule has 0 amide bonds. The second-order valence-electron chi connectivity index (χ2n) is 7.88. The van der Waals surface area contributed by atoms with Crippen LogP contribution in [0.25, 0.3) is 0 Å². The van der Waals surface area contributed by atoms with Crippen LogP contribution in [0, 0.1) is 20.8 Å². The molecule has 0 fully saturated rings. The summed E-state index contributed by atoms with van der Waals surface area (Å²) in [5.74, 6) is 0. The molecule has 0 bridgehead atoms. The van der Waals surface area contributed by atoms with Crippen molar-refractivity contribution < 1.29 is 13.0 Å². The van der Waals surface area contributed by atoms with Crippen molar-refractivity contribution in [3.05, 3.63) is 95.1 Å². The Bertz CT molecular complexity index is 1040. The van der Waals surface area contributed by atoms with E-state index >= 15 is 0 Å². The molecule has 0 radical (unpaired) electrons. The van der Waals surface area contributed by atoms with E-state index in [2.05, 4.69) is 76.5 Å². The number of benzene rings is 3. The molecule has 0 N–H and O–H groups in total. The summed E-state index contributed by atoms with van der Waals surface area (Å²) in [5.41, 5.74) is 6.42. The minimum Gasteiger partial charge on any atom is -0.744 e. The molecule has 154 valence electrons. The van der Waals surface area contributed by atoms with Gasteiger partial charge in [0, 0.05) is 5.56 Å². The van der Waals surface area contributed by atoms with Gasteiger partial charge >= 0.3 is 0 Å². The number of hydrogen-bond donors (Lipinski definition) is 0. The summed E-state index contributed by atoms with van der Waals surface area (Å²) in [7, 11) is 0.248. The number of rotatable bonds is 4. The van der Waals surface area contributed by atoms with Crippen molar-refractivity contribution in [1.82, 2.24) is 4.48 Å². The summed E-state index contributed by atoms with van der Waals surface area (Å²) in [6.07, 6.45) is 0. The van der Waals surface area contributed by atoms with E-state index in [1.54, 1.807) is 12.1 Å². The summed E-state index contributed by atoms with van der Waals surface area (Å²) in [5, 5.41) is 0. The fourth-order valence-corrected chi connectivity index (χ4v) is 3.55. The predicted octanol–water partition coefficient (Wildman–Crippen LogP) is 4.97. The molecule has 0 aliphatic heterocycles. The van der Waals surface area contributed by atoms with Gasteiger partial charge in [-0.1, -0.05) is 59.7 Å². The third kappa shape index (κ3) is 6.82. The van der Waals surface area contributed by atoms with Crippen molar-refractivity contribution in [3.8, 4) is 0 Å². The smallest absolute Gasteiger partial charge is 0.132 e. The lowest BCUT2D eigenvalue weighted by Gasteiger charge is -2.30. The van der Waals surface area contributed by atoms with Crippen molar-refractivity contribution in [3.63, 3.8) is 0 Å². The molecule has 3 rings (SSSR count). The summed E-state index contributed by atoms with van der Waals surface area (Å²) >= 11 is 0. The fourth-order valence-electron chi connectivity index (χ4n) is 3.08. The fraction of sp³-hybridized carbons (Fsp3) is 0.250. The Kier molecular flexibility index (Phi) is 7.36. The van der Waals surface area contributed by atoms with Gasteiger partial charge in [-0.15, -0.1) is 0 Å². The molecule has 0 spiro atoms. The van der Waals surface area contributed by atoms with Crippen LogP contribution in [0.2, 0.25) is 0 Å². The molecule has 0 heterocycles. The quantitative estimate of drug-likeness (QED) is 0.450. The lowest BCUT2D eigenvalue weighted by molar-refractivity contribution is 0.391. The molecular formula is C24H29NO3S. The van der Waals surface area contributed by atoms with Crippen molar-refractivity contribution in [1.29, 1.82) is 0 Å². The first kappa shape index (κ1) is 22.8. The number of hydrogen-bond acceptors (Lipinski definition) is 3. The zero-order valence-corrected chi connectivity index (χ0v) is 18.5. The normalized spacial score (nSPS) is 11.5. The molecule has 0 saturated carbocycles. The molecular weight excluding hydrogens is 382 g/mol. The van der Waals surface area contributed by atoms with Crippen LogP contribution in [0.3, 0.4) is 0 Å². The van der Waals surface area contributed by atoms with Crippen molar-refractivity contribution >= 4 is 15.8 Å². The van der Waals surface area contributed by atoms with Crippen LogP contribution in [0.4, 0.5) is 5.69 Å². The van der Waals surface area contributed by atoms with Crippen LogP contribution in [0.1, 0.15) is 22.3 Å². The largest absolute Gasteiger partial charge is 0.744 e. The van der Waals surface area contributed by atoms with Crippen molar-refractivity contribution in [2.24, 2.45) is 0 Å². The molecule has 0 aliphatic carbocycles. The van der Waals surface area contributed by atoms with E-state index in [1.165, 1.54) is 34.5 Å². The molecule has 3 aromatic rings. The number of para-hydroxylation sites is 1. The number of quaternary nitrogens is 1. The highest BCUT2D eigenvalue weighted by Gasteiger charge is 2.19. The first-order valence-corrected chi connectivity index (χ1v) is 10.9. The zero-order chi connectivity index (χ0) is 21.7. The van der Waals surface area contributed by atoms with Crippen molar-refractivity contribution in [2.45, 2.75) is 32.2 Å². The average molecular weight is 412 g/mol. The first-order chi connectivity index (χ1) is 13.5. The van der Waals surface area contributed by atoms with E-state index in [1.807, 2.05) is 6.92 Å². The molecule has 29 heavy (non-hydrogen) atoms. The van der Waals surface area contributed by atoms with Crippen LogP contribution in [-0.4, -0.2) is 27.1 Å². The molecule has 4 nitrogen and oxygen atoms in total. The third-order valence-corrected chi connectivity index (χ3v) is 5.68. The van der Waals surface area contributed by atoms with Crippen molar-refractivity contribution in [2.75, 3.05) is 14.1 Å². The molecule has 3 aromatic carbocycles. The second kappa shape index (κ2) is 9.35. The van der Waals surface area contributed by atoms with E-state index in [0.717, 1.165) is 16.6 Å². The van der Waals surface area contributed by atoms with Gasteiger partial charge in [0.1, 0.15) is 22.4 Å². The highest BCUT2D eigenvalue weighted by atomic mass is 32.2. The minimum absolute atomic E-state index is 0.178. The second-order valence-corrected chi connectivity index (χ2v) is 9.26. The van der Waals surface area contributed by atoms with Crippen LogP contribution in [-0.2, 0) is 16.7 Å². The van der Waals surface area contributed by atoms with Gasteiger partial charge in [0.2, 0.25) is 0 Å². The van der Waals surface area contributed by atoms with E-state index in [4.69, 9.17) is 0 Å². The molecule has 5 heteroatoms. The maximum atomic E-state index is 10.4. The molecule has 0 unspecified atom stereocenters. The monoisotopic (exact) mass is 411 g/mol. The lowest BCUT2D eigenvalue weighted by Crippen LogP contribution is -2.39. The van der Waals surface area contributed by atoms with Gasteiger partial charge in [-0.25, -0.2) is 8.42 Å². The Labute approximate surface area is 174 Å². The van der Waals surface area contributed by atoms with E-state index < -0.39 is 10.1 Å². The van der Waals surface area contributed by atoms with Gasteiger partial charge in [-0.3, -0.25) is 4.48 Å². The Balaban J connectivity index is 0.000000234. The highest BCUT2D eigenvalue weighted by Crippen LogP contribution is 2.23. The summed E-state index contributed by atoms with van der Waals surface area (Å²) in [4.78, 5) is -0.178. The van der Waals surface area contributed by atoms with Gasteiger partial charge in [0.05, 0.1) is 19.0 Å². The molecule has 0 atom stereocenters. The average Bonchev–Trinajstić information content (AvgIpc) is 2.65. The first-order valence-electron chi connectivity index (χ1n) is 9.46. The molecule has 0 aliphatic rings. The number of aryl methyl sites for hydroxylation is 3. The van der Waals surface area contributed by atoms with E-state index in [9.17, 15) is 13.0 Å². The maximum absolute atomic E-state index is 10.4. The van der Waals surface area contributed by atoms with Crippen LogP contribution >= 0.6 is 0 Å². The number of nitrogens with zero attached hydrogens (tertiary/aromatic N) is 1. The van der Waals surface area contributed by atoms with Crippen LogP contribution in [0.5, 0.6) is 0 Å². The van der Waals surface area contributed by atoms with E-state index in [0.29, 0.717) is 0 Å². The Hall–Kier alpha value is -2.47. The van der Waals surface area contributed by atoms with Gasteiger partial charge in [0.25, 0.3) is 0 Å². The van der Waals surface area contributed by atoms with E-state index in [-0.39, 0.29) is 4.90 Å². The third-order valence-electron chi connectivity index (χ3n) is 4.83. The predicted molar refractivity (Wildman–Crippen MR) is 119 cm³/mol. The Morgan fingerprint density at radius 3 is 1.86 bits per heavy atom. The minimum atomic E-state index is -4.27. The highest BCUT2D eigenvalue weighted by molar-refractivity contribution is 7.85. The van der Waals surface area contributed by atoms with Gasteiger partial charge in [-0.05, 0) is 50.6 Å². The van der Waals surface area contributed by atoms with Gasteiger partial charge in [0.15, 0.2) is 0 Å². The molecule has 0 aromatic heterocycles. The zero-order valence-electron chi connectivity index (χ0n) is 17.7. The van der Waals surface area contributed by atoms with Crippen LogP contribution in [0.15, 0.2) is 77.7 Å². The van der Waals surface area contributed by atoms with Crippen LogP contribution < -0.4 is 4.48 Å². The topological polar surface area (TPSA) is 57.2 Å². The Morgan fingerprint density at radius 1 is 0.793 bits per heavy atom. The summed E-state index contributed by atoms with van der Waals surface area (Å²) in [6, 6.07) is 23.2. The maximum Gasteiger partial charge on any atom is 0.132 e. The van der Waals surface area contributed by atoms with Gasteiger partial charge in [-0.2, -0.15) is 0 Å². The van der Waals surface area contributed by atoms with Gasteiger partial charge < -0.3 is 4.55 Å².